The molecular formula is C30H33N5O4. The molecule has 1 saturated heterocycles. The molecule has 2 aromatic heterocycles. The van der Waals surface area contributed by atoms with Crippen molar-refractivity contribution < 1.29 is 19.1 Å². The number of benzene rings is 2. The van der Waals surface area contributed by atoms with E-state index in [1.54, 1.807) is 19.5 Å². The zero-order chi connectivity index (χ0) is 27.2. The molecule has 3 heterocycles. The molecule has 1 N–H and O–H groups in total. The second-order valence-electron chi connectivity index (χ2n) is 9.82. The minimum Gasteiger partial charge on any atom is -0.456 e. The largest absolute Gasteiger partial charge is 0.456 e. The van der Waals surface area contributed by atoms with Crippen LogP contribution in [-0.4, -0.2) is 64.8 Å². The quantitative estimate of drug-likeness (QED) is 0.323. The maximum absolute atomic E-state index is 13.1. The van der Waals surface area contributed by atoms with Crippen LogP contribution in [-0.2, 0) is 11.3 Å². The molecule has 202 valence electrons. The summed E-state index contributed by atoms with van der Waals surface area (Å²) in [5.74, 6) is 1.68. The van der Waals surface area contributed by atoms with E-state index in [0.717, 1.165) is 35.9 Å². The van der Waals surface area contributed by atoms with Gasteiger partial charge in [0.05, 0.1) is 18.3 Å². The Labute approximate surface area is 227 Å². The number of hydrogen-bond acceptors (Lipinski definition) is 6. The van der Waals surface area contributed by atoms with Crippen molar-refractivity contribution in [2.45, 2.75) is 26.3 Å². The fraction of sp³-hybridized carbons (Fsp3) is 0.333. The van der Waals surface area contributed by atoms with Crippen LogP contribution in [0, 0.1) is 12.8 Å². The van der Waals surface area contributed by atoms with Crippen molar-refractivity contribution in [3.63, 3.8) is 0 Å². The van der Waals surface area contributed by atoms with Crippen LogP contribution in [0.4, 0.5) is 0 Å². The number of aryl methyl sites for hydroxylation is 1. The predicted molar refractivity (Wildman–Crippen MR) is 148 cm³/mol. The summed E-state index contributed by atoms with van der Waals surface area (Å²) in [4.78, 5) is 31.6. The van der Waals surface area contributed by atoms with E-state index in [1.165, 1.54) is 0 Å². The molecule has 4 aromatic rings. The van der Waals surface area contributed by atoms with Crippen molar-refractivity contribution in [2.24, 2.45) is 5.92 Å². The monoisotopic (exact) mass is 527 g/mol. The summed E-state index contributed by atoms with van der Waals surface area (Å²) < 4.78 is 12.8. The average molecular weight is 528 g/mol. The molecule has 1 fully saturated rings. The van der Waals surface area contributed by atoms with Gasteiger partial charge in [-0.2, -0.15) is 5.10 Å². The molecule has 0 unspecified atom stereocenters. The van der Waals surface area contributed by atoms with Gasteiger partial charge in [-0.1, -0.05) is 0 Å². The molecule has 39 heavy (non-hydrogen) atoms. The molecule has 0 saturated carbocycles. The lowest BCUT2D eigenvalue weighted by Crippen LogP contribution is -2.39. The molecule has 0 radical (unpaired) electrons. The Morgan fingerprint density at radius 2 is 1.85 bits per heavy atom. The number of rotatable bonds is 9. The van der Waals surface area contributed by atoms with Crippen LogP contribution < -0.4 is 10.1 Å². The van der Waals surface area contributed by atoms with Gasteiger partial charge in [0.1, 0.15) is 11.5 Å². The first-order valence-corrected chi connectivity index (χ1v) is 13.2. The van der Waals surface area contributed by atoms with Gasteiger partial charge in [0, 0.05) is 62.2 Å². The van der Waals surface area contributed by atoms with E-state index in [9.17, 15) is 9.59 Å². The van der Waals surface area contributed by atoms with Gasteiger partial charge in [-0.3, -0.25) is 19.3 Å². The molecule has 2 aromatic carbocycles. The Hall–Kier alpha value is -4.24. The summed E-state index contributed by atoms with van der Waals surface area (Å²) in [7, 11) is 1.61. The SMILES string of the molecule is COCCNC(=O)c1ccc2nn(CC3CCN(C(=O)c4ccc(Oc5cccnc5)cc4)CC3)cc2c1C. The normalized spacial score (nSPS) is 13.9. The third-order valence-electron chi connectivity index (χ3n) is 7.16. The number of methoxy groups -OCH3 is 1. The lowest BCUT2D eigenvalue weighted by Gasteiger charge is -2.32. The molecule has 2 amide bonds. The highest BCUT2D eigenvalue weighted by Gasteiger charge is 2.24. The fourth-order valence-corrected chi connectivity index (χ4v) is 4.96. The summed E-state index contributed by atoms with van der Waals surface area (Å²) in [5.41, 5.74) is 3.11. The van der Waals surface area contributed by atoms with E-state index in [4.69, 9.17) is 14.6 Å². The molecule has 0 atom stereocenters. The van der Waals surface area contributed by atoms with Crippen molar-refractivity contribution in [1.29, 1.82) is 0 Å². The van der Waals surface area contributed by atoms with Crippen LogP contribution in [0.25, 0.3) is 10.9 Å². The van der Waals surface area contributed by atoms with Crippen LogP contribution >= 0.6 is 0 Å². The van der Waals surface area contributed by atoms with Gasteiger partial charge in [0.2, 0.25) is 0 Å². The Kier molecular flexibility index (Phi) is 8.17. The number of hydrogen-bond donors (Lipinski definition) is 1. The minimum atomic E-state index is -0.105. The number of piperidine rings is 1. The zero-order valence-corrected chi connectivity index (χ0v) is 22.3. The van der Waals surface area contributed by atoms with Crippen LogP contribution in [0.2, 0.25) is 0 Å². The number of ether oxygens (including phenoxy) is 2. The summed E-state index contributed by atoms with van der Waals surface area (Å²) in [6, 6.07) is 14.6. The maximum Gasteiger partial charge on any atom is 0.253 e. The zero-order valence-electron chi connectivity index (χ0n) is 22.3. The summed E-state index contributed by atoms with van der Waals surface area (Å²) in [6.07, 6.45) is 7.20. The summed E-state index contributed by atoms with van der Waals surface area (Å²) in [5, 5.41) is 8.62. The van der Waals surface area contributed by atoms with Gasteiger partial charge in [-0.05, 0) is 79.8 Å². The standard InChI is InChI=1S/C30H33N5O4/c1-21-26(29(36)32-14-17-38-2)9-10-28-27(21)20-35(33-28)19-22-11-15-34(16-12-22)30(37)23-5-7-24(8-6-23)39-25-4-3-13-31-18-25/h3-10,13,18,20,22H,11-12,14-17,19H2,1-2H3,(H,32,36). The highest BCUT2D eigenvalue weighted by Crippen LogP contribution is 2.26. The Morgan fingerprint density at radius 1 is 1.05 bits per heavy atom. The molecule has 5 rings (SSSR count). The Bertz CT molecular complexity index is 1430. The van der Waals surface area contributed by atoms with E-state index in [0.29, 0.717) is 54.8 Å². The molecule has 0 spiro atoms. The van der Waals surface area contributed by atoms with E-state index >= 15 is 0 Å². The van der Waals surface area contributed by atoms with E-state index < -0.39 is 0 Å². The average Bonchev–Trinajstić information content (AvgIpc) is 3.38. The summed E-state index contributed by atoms with van der Waals surface area (Å²) in [6.45, 7) is 5.11. The molecular weight excluding hydrogens is 494 g/mol. The predicted octanol–water partition coefficient (Wildman–Crippen LogP) is 4.46. The number of likely N-dealkylation sites (tertiary alicyclic amines) is 1. The number of carbonyl (C=O) groups is 2. The first-order chi connectivity index (χ1) is 19.0. The van der Waals surface area contributed by atoms with Crippen LogP contribution in [0.1, 0.15) is 39.1 Å². The van der Waals surface area contributed by atoms with Gasteiger partial charge in [0.25, 0.3) is 11.8 Å². The summed E-state index contributed by atoms with van der Waals surface area (Å²) >= 11 is 0. The first kappa shape index (κ1) is 26.4. The molecule has 0 bridgehead atoms. The Balaban J connectivity index is 1.15. The number of pyridine rings is 1. The fourth-order valence-electron chi connectivity index (χ4n) is 4.96. The number of carbonyl (C=O) groups excluding carboxylic acids is 2. The molecule has 1 aliphatic rings. The van der Waals surface area contributed by atoms with Crippen LogP contribution in [0.3, 0.4) is 0 Å². The molecule has 1 aliphatic heterocycles. The first-order valence-electron chi connectivity index (χ1n) is 13.2. The third-order valence-corrected chi connectivity index (χ3v) is 7.16. The lowest BCUT2D eigenvalue weighted by atomic mass is 9.96. The van der Waals surface area contributed by atoms with Crippen molar-refractivity contribution in [2.75, 3.05) is 33.4 Å². The van der Waals surface area contributed by atoms with Crippen molar-refractivity contribution in [1.82, 2.24) is 25.0 Å². The number of nitrogens with zero attached hydrogens (tertiary/aromatic N) is 4. The number of fused-ring (bicyclic) bond motifs is 1. The smallest absolute Gasteiger partial charge is 0.253 e. The second kappa shape index (κ2) is 12.1. The lowest BCUT2D eigenvalue weighted by molar-refractivity contribution is 0.0681. The highest BCUT2D eigenvalue weighted by atomic mass is 16.5. The second-order valence-corrected chi connectivity index (χ2v) is 9.82. The topological polar surface area (TPSA) is 98.6 Å². The molecule has 0 aliphatic carbocycles. The maximum atomic E-state index is 13.1. The van der Waals surface area contributed by atoms with Gasteiger partial charge >= 0.3 is 0 Å². The highest BCUT2D eigenvalue weighted by molar-refractivity contribution is 6.00. The van der Waals surface area contributed by atoms with Crippen molar-refractivity contribution in [3.8, 4) is 11.5 Å². The van der Waals surface area contributed by atoms with E-state index in [-0.39, 0.29) is 11.8 Å². The van der Waals surface area contributed by atoms with Gasteiger partial charge in [0.15, 0.2) is 0 Å². The van der Waals surface area contributed by atoms with Gasteiger partial charge in [-0.15, -0.1) is 0 Å². The Morgan fingerprint density at radius 3 is 2.56 bits per heavy atom. The van der Waals surface area contributed by atoms with Crippen molar-refractivity contribution in [3.05, 3.63) is 83.8 Å². The molecule has 9 heteroatoms. The van der Waals surface area contributed by atoms with Crippen LogP contribution in [0.5, 0.6) is 11.5 Å². The number of aromatic nitrogens is 3. The van der Waals surface area contributed by atoms with Crippen molar-refractivity contribution >= 4 is 22.7 Å². The third kappa shape index (κ3) is 6.26. The number of nitrogens with one attached hydrogen (secondary N) is 1. The molecule has 9 nitrogen and oxygen atoms in total. The number of amides is 2. The van der Waals surface area contributed by atoms with E-state index in [1.807, 2.05) is 71.2 Å². The van der Waals surface area contributed by atoms with Crippen LogP contribution in [0.15, 0.2) is 67.1 Å². The van der Waals surface area contributed by atoms with Gasteiger partial charge in [-0.25, -0.2) is 0 Å². The van der Waals surface area contributed by atoms with Gasteiger partial charge < -0.3 is 19.7 Å². The van der Waals surface area contributed by atoms with E-state index in [2.05, 4.69) is 10.3 Å². The minimum absolute atomic E-state index is 0.0399.